The van der Waals surface area contributed by atoms with Gasteiger partial charge in [0.2, 0.25) is 0 Å². The average molecular weight is 581 g/mol. The summed E-state index contributed by atoms with van der Waals surface area (Å²) < 4.78 is 24.1. The topological polar surface area (TPSA) is 94.3 Å². The molecule has 0 saturated heterocycles. The molecule has 2 N–H and O–H groups in total. The third-order valence-corrected chi connectivity index (χ3v) is 8.14. The average Bonchev–Trinajstić information content (AvgIpc) is 3.68. The molecule has 1 atom stereocenters. The molecule has 6 rings (SSSR count). The Balaban J connectivity index is 1.39. The van der Waals surface area contributed by atoms with Crippen LogP contribution < -0.4 is 9.47 Å². The lowest BCUT2D eigenvalue weighted by Gasteiger charge is -2.17. The van der Waals surface area contributed by atoms with Crippen LogP contribution in [0.5, 0.6) is 11.5 Å². The predicted octanol–water partition coefficient (Wildman–Crippen LogP) is 7.41. The second-order valence-electron chi connectivity index (χ2n) is 11.3. The van der Waals surface area contributed by atoms with Gasteiger partial charge in [-0.15, -0.1) is 0 Å². The maximum atomic E-state index is 6.36. The fraction of sp³-hybridized carbons (Fsp3) is 0.371. The lowest BCUT2D eigenvalue weighted by Crippen LogP contribution is -2.14. The first-order chi connectivity index (χ1) is 21.0. The number of benzene rings is 3. The highest BCUT2D eigenvalue weighted by atomic mass is 16.6. The Morgan fingerprint density at radius 2 is 1.35 bits per heavy atom. The van der Waals surface area contributed by atoms with Crippen LogP contribution in [0.4, 0.5) is 0 Å². The van der Waals surface area contributed by atoms with E-state index in [1.54, 1.807) is 0 Å². The van der Waals surface area contributed by atoms with Gasteiger partial charge < -0.3 is 28.9 Å². The molecule has 4 bridgehead atoms. The van der Waals surface area contributed by atoms with E-state index in [4.69, 9.17) is 23.9 Å². The number of ether oxygens (including phenoxy) is 4. The number of hydrogen-bond donors (Lipinski definition) is 2. The molecular formula is C35H40N4O4. The molecule has 0 spiro atoms. The summed E-state index contributed by atoms with van der Waals surface area (Å²) in [6.45, 7) is 11.6. The Hall–Kier alpha value is -4.14. The summed E-state index contributed by atoms with van der Waals surface area (Å²) in [4.78, 5) is 16.3. The van der Waals surface area contributed by atoms with E-state index >= 15 is 0 Å². The van der Waals surface area contributed by atoms with Crippen molar-refractivity contribution in [1.29, 1.82) is 0 Å². The summed E-state index contributed by atoms with van der Waals surface area (Å²) in [7, 11) is 0. The maximum Gasteiger partial charge on any atom is 0.129 e. The number of hydrogen-bond acceptors (Lipinski definition) is 6. The van der Waals surface area contributed by atoms with Gasteiger partial charge in [0.15, 0.2) is 0 Å². The Kier molecular flexibility index (Phi) is 8.77. The highest BCUT2D eigenvalue weighted by molar-refractivity contribution is 5.85. The van der Waals surface area contributed by atoms with E-state index in [1.165, 1.54) is 0 Å². The summed E-state index contributed by atoms with van der Waals surface area (Å²) in [6, 6.07) is 19.0. The molecule has 0 amide bonds. The number of H-pyrrole nitrogens is 2. The van der Waals surface area contributed by atoms with Gasteiger partial charge in [0.1, 0.15) is 36.4 Å². The van der Waals surface area contributed by atoms with Crippen molar-refractivity contribution in [3.05, 3.63) is 72.4 Å². The van der Waals surface area contributed by atoms with E-state index in [1.807, 2.05) is 6.20 Å². The van der Waals surface area contributed by atoms with Crippen molar-refractivity contribution in [3.8, 4) is 45.0 Å². The third-order valence-electron chi connectivity index (χ3n) is 8.14. The normalized spacial score (nSPS) is 15.3. The number of aromatic nitrogens is 4. The second-order valence-corrected chi connectivity index (χ2v) is 11.3. The van der Waals surface area contributed by atoms with Gasteiger partial charge in [0, 0.05) is 23.5 Å². The molecule has 0 aliphatic carbocycles. The molecule has 1 aliphatic rings. The van der Waals surface area contributed by atoms with Crippen LogP contribution in [0.15, 0.2) is 60.8 Å². The van der Waals surface area contributed by atoms with E-state index in [-0.39, 0.29) is 0 Å². The van der Waals surface area contributed by atoms with Gasteiger partial charge in [-0.05, 0) is 52.9 Å². The van der Waals surface area contributed by atoms with Crippen LogP contribution in [-0.4, -0.2) is 59.6 Å². The van der Waals surface area contributed by atoms with E-state index in [0.717, 1.165) is 74.1 Å². The molecule has 8 nitrogen and oxygen atoms in total. The molecular weight excluding hydrogens is 540 g/mol. The number of rotatable bonds is 5. The Morgan fingerprint density at radius 1 is 0.721 bits per heavy atom. The van der Waals surface area contributed by atoms with E-state index in [9.17, 15) is 0 Å². The van der Waals surface area contributed by atoms with Gasteiger partial charge in [-0.25, -0.2) is 9.97 Å². The molecule has 43 heavy (non-hydrogen) atoms. The van der Waals surface area contributed by atoms with Crippen molar-refractivity contribution in [2.75, 3.05) is 39.6 Å². The van der Waals surface area contributed by atoms with Crippen LogP contribution in [0, 0.1) is 5.92 Å². The van der Waals surface area contributed by atoms with Crippen molar-refractivity contribution < 1.29 is 18.9 Å². The highest BCUT2D eigenvalue weighted by Crippen LogP contribution is 2.39. The number of aryl methyl sites for hydroxylation is 1. The van der Waals surface area contributed by atoms with Gasteiger partial charge in [0.05, 0.1) is 49.4 Å². The summed E-state index contributed by atoms with van der Waals surface area (Å²) in [5.74, 6) is 4.39. The van der Waals surface area contributed by atoms with Gasteiger partial charge in [-0.2, -0.15) is 0 Å². The quantitative estimate of drug-likeness (QED) is 0.225. The van der Waals surface area contributed by atoms with Gasteiger partial charge in [-0.3, -0.25) is 0 Å². The zero-order chi connectivity index (χ0) is 29.8. The molecule has 0 radical (unpaired) electrons. The zero-order valence-corrected chi connectivity index (χ0v) is 25.4. The van der Waals surface area contributed by atoms with E-state index in [2.05, 4.69) is 97.2 Å². The number of imidazole rings is 2. The first-order valence-corrected chi connectivity index (χ1v) is 15.2. The molecule has 3 aromatic carbocycles. The molecule has 0 unspecified atom stereocenters. The number of fused-ring (bicyclic) bond motifs is 6. The monoisotopic (exact) mass is 580 g/mol. The standard InChI is InChI=1S/C35H40N4O4/c1-5-34-36-21-31(37-34)28-10-7-25-20-33(28)43-17-15-41-13-12-40-14-16-42-32-19-24(25)6-9-27(32)26-8-11-29-30(18-26)39-35(38-29)23(4)22(2)3/h6-11,18-23H,5,12-17H2,1-4H3,(H,36,37)(H,38,39)/t23-/m1/s1. The maximum absolute atomic E-state index is 6.36. The summed E-state index contributed by atoms with van der Waals surface area (Å²) >= 11 is 0. The summed E-state index contributed by atoms with van der Waals surface area (Å²) in [5, 5.41) is 0. The molecule has 0 fully saturated rings. The Bertz CT molecular complexity index is 1690. The van der Waals surface area contributed by atoms with Crippen LogP contribution >= 0.6 is 0 Å². The van der Waals surface area contributed by atoms with Crippen molar-refractivity contribution >= 4 is 11.0 Å². The number of aromatic amines is 2. The number of nitrogens with one attached hydrogen (secondary N) is 2. The molecule has 0 saturated carbocycles. The van der Waals surface area contributed by atoms with Crippen LogP contribution in [0.3, 0.4) is 0 Å². The van der Waals surface area contributed by atoms with E-state index in [0.29, 0.717) is 51.5 Å². The Morgan fingerprint density at radius 3 is 2.00 bits per heavy atom. The first-order valence-electron chi connectivity index (χ1n) is 15.2. The molecule has 1 aliphatic heterocycles. The zero-order valence-electron chi connectivity index (χ0n) is 25.4. The number of nitrogens with zero attached hydrogens (tertiary/aromatic N) is 2. The van der Waals surface area contributed by atoms with E-state index < -0.39 is 0 Å². The molecule has 8 heteroatoms. The first kappa shape index (κ1) is 29.0. The molecule has 224 valence electrons. The largest absolute Gasteiger partial charge is 0.491 e. The third kappa shape index (κ3) is 6.45. The van der Waals surface area contributed by atoms with Gasteiger partial charge >= 0.3 is 0 Å². The molecule has 5 aromatic rings. The van der Waals surface area contributed by atoms with Gasteiger partial charge in [-0.1, -0.05) is 52.0 Å². The minimum atomic E-state index is 0.349. The van der Waals surface area contributed by atoms with Crippen LogP contribution in [-0.2, 0) is 15.9 Å². The lowest BCUT2D eigenvalue weighted by molar-refractivity contribution is 0.0274. The van der Waals surface area contributed by atoms with Crippen molar-refractivity contribution in [1.82, 2.24) is 19.9 Å². The van der Waals surface area contributed by atoms with Crippen LogP contribution in [0.2, 0.25) is 0 Å². The minimum absolute atomic E-state index is 0.349. The predicted molar refractivity (Wildman–Crippen MR) is 170 cm³/mol. The minimum Gasteiger partial charge on any atom is -0.491 e. The van der Waals surface area contributed by atoms with Gasteiger partial charge in [0.25, 0.3) is 0 Å². The van der Waals surface area contributed by atoms with Crippen molar-refractivity contribution in [3.63, 3.8) is 0 Å². The Labute approximate surface area is 252 Å². The van der Waals surface area contributed by atoms with Crippen LogP contribution in [0.25, 0.3) is 44.5 Å². The molecule has 2 aromatic heterocycles. The summed E-state index contributed by atoms with van der Waals surface area (Å²) in [6.07, 6.45) is 2.70. The lowest BCUT2D eigenvalue weighted by atomic mass is 9.97. The highest BCUT2D eigenvalue weighted by Gasteiger charge is 2.17. The fourth-order valence-corrected chi connectivity index (χ4v) is 5.25. The smallest absolute Gasteiger partial charge is 0.129 e. The SMILES string of the molecule is CCc1ncc(-c2ccc3cc2OCCOCCOCCOc2cc-3ccc2-c2ccc3nc([C@H](C)C(C)C)[nH]c3c2)[nH]1. The second kappa shape index (κ2) is 13.0. The van der Waals surface area contributed by atoms with Crippen LogP contribution in [0.1, 0.15) is 45.3 Å². The van der Waals surface area contributed by atoms with Crippen molar-refractivity contribution in [2.45, 2.75) is 40.0 Å². The fourth-order valence-electron chi connectivity index (χ4n) is 5.25. The van der Waals surface area contributed by atoms with Crippen molar-refractivity contribution in [2.24, 2.45) is 5.92 Å². The molecule has 3 heterocycles. The summed E-state index contributed by atoms with van der Waals surface area (Å²) in [5.41, 5.74) is 8.04.